The van der Waals surface area contributed by atoms with Gasteiger partial charge in [0.15, 0.2) is 0 Å². The molecule has 0 radical (unpaired) electrons. The molecule has 4 aromatic heterocycles. The van der Waals surface area contributed by atoms with E-state index >= 15 is 0 Å². The maximum Gasteiger partial charge on any atom is 0.373 e. The van der Waals surface area contributed by atoms with Gasteiger partial charge in [0.05, 0.1) is 22.6 Å². The van der Waals surface area contributed by atoms with Gasteiger partial charge in [0.1, 0.15) is 35.9 Å². The van der Waals surface area contributed by atoms with Crippen molar-refractivity contribution in [3.05, 3.63) is 103 Å². The van der Waals surface area contributed by atoms with Crippen molar-refractivity contribution in [2.45, 2.75) is 6.61 Å². The molecule has 15 heteroatoms. The normalized spacial score (nSPS) is 11.2. The van der Waals surface area contributed by atoms with Crippen LogP contribution in [0.3, 0.4) is 0 Å². The first-order valence-corrected chi connectivity index (χ1v) is 11.7. The molecule has 0 atom stereocenters. The second-order valence-corrected chi connectivity index (χ2v) is 8.46. The van der Waals surface area contributed by atoms with Crippen LogP contribution >= 0.6 is 11.6 Å². The first-order chi connectivity index (χ1) is 19.2. The van der Waals surface area contributed by atoms with Gasteiger partial charge in [0.2, 0.25) is 11.4 Å². The van der Waals surface area contributed by atoms with Crippen molar-refractivity contribution in [2.24, 2.45) is 0 Å². The number of methoxy groups -OCH3 is 1. The third-order valence-electron chi connectivity index (χ3n) is 5.55. The SMILES string of the molecule is COC(=O)c1ccc(COC(=O)c2cc(-c3ccc(C=Cc4[nH]n5cnnc5c(=O)c4[N+](=O)[O-])o3)ccc2Cl)o1. The number of benzene rings is 1. The summed E-state index contributed by atoms with van der Waals surface area (Å²) in [4.78, 5) is 47.3. The molecular formula is C25H16ClN5O9. The van der Waals surface area contributed by atoms with Gasteiger partial charge in [-0.25, -0.2) is 14.1 Å². The Morgan fingerprint density at radius 3 is 2.75 bits per heavy atom. The van der Waals surface area contributed by atoms with Crippen molar-refractivity contribution in [3.63, 3.8) is 0 Å². The Kier molecular flexibility index (Phi) is 6.99. The van der Waals surface area contributed by atoms with Gasteiger partial charge in [0, 0.05) is 5.56 Å². The molecule has 0 saturated heterocycles. The fourth-order valence-corrected chi connectivity index (χ4v) is 3.85. The number of hydrogen-bond acceptors (Lipinski definition) is 11. The van der Waals surface area contributed by atoms with E-state index in [1.807, 2.05) is 0 Å². The first kappa shape index (κ1) is 26.1. The molecule has 14 nitrogen and oxygen atoms in total. The lowest BCUT2D eigenvalue weighted by atomic mass is 10.1. The number of aromatic nitrogens is 4. The molecule has 0 aliphatic heterocycles. The van der Waals surface area contributed by atoms with E-state index in [2.05, 4.69) is 20.0 Å². The molecule has 5 aromatic rings. The highest BCUT2D eigenvalue weighted by Crippen LogP contribution is 2.28. The summed E-state index contributed by atoms with van der Waals surface area (Å²) in [5, 5.41) is 21.5. The number of nitrogens with one attached hydrogen (secondary N) is 1. The van der Waals surface area contributed by atoms with E-state index in [1.54, 1.807) is 18.2 Å². The minimum Gasteiger partial charge on any atom is -0.463 e. The lowest BCUT2D eigenvalue weighted by molar-refractivity contribution is -0.386. The van der Waals surface area contributed by atoms with Gasteiger partial charge >= 0.3 is 23.1 Å². The summed E-state index contributed by atoms with van der Waals surface area (Å²) in [5.74, 6) is -0.548. The van der Waals surface area contributed by atoms with Crippen LogP contribution in [0.4, 0.5) is 5.69 Å². The number of nitrogens with zero attached hydrogens (tertiary/aromatic N) is 4. The molecule has 0 spiro atoms. The fraction of sp³-hybridized carbons (Fsp3) is 0.0800. The molecule has 0 unspecified atom stereocenters. The number of ether oxygens (including phenoxy) is 2. The zero-order valence-corrected chi connectivity index (χ0v) is 21.1. The molecule has 1 aromatic carbocycles. The molecule has 0 aliphatic rings. The van der Waals surface area contributed by atoms with Crippen molar-refractivity contribution in [1.82, 2.24) is 19.8 Å². The number of H-pyrrole nitrogens is 1. The van der Waals surface area contributed by atoms with Gasteiger partial charge in [-0.2, -0.15) is 0 Å². The van der Waals surface area contributed by atoms with Gasteiger partial charge in [-0.05, 0) is 54.6 Å². The standard InChI is InChI=1S/C25H16ClN5O9/c1-37-25(34)20-9-5-15(40-20)11-38-24(33)16-10-13(2-6-17(16)26)19-8-4-14(39-19)3-7-18-21(31(35)36)22(32)23-28-27-12-30(23)29-18/h2-10,12,29H,11H2,1H3. The third kappa shape index (κ3) is 5.10. The molecule has 0 fully saturated rings. The Bertz CT molecular complexity index is 1860. The van der Waals surface area contributed by atoms with Crippen LogP contribution in [0.5, 0.6) is 0 Å². The minimum absolute atomic E-state index is 0.0310. The summed E-state index contributed by atoms with van der Waals surface area (Å²) >= 11 is 6.21. The van der Waals surface area contributed by atoms with Crippen LogP contribution in [0.15, 0.2) is 62.4 Å². The Balaban J connectivity index is 1.34. The quantitative estimate of drug-likeness (QED) is 0.162. The molecule has 0 saturated carbocycles. The van der Waals surface area contributed by atoms with E-state index in [4.69, 9.17) is 25.2 Å². The highest BCUT2D eigenvalue weighted by molar-refractivity contribution is 6.33. The molecule has 0 amide bonds. The van der Waals surface area contributed by atoms with Crippen LogP contribution in [0.2, 0.25) is 5.02 Å². The van der Waals surface area contributed by atoms with Crippen LogP contribution in [-0.4, -0.2) is 43.8 Å². The maximum atomic E-state index is 12.7. The molecule has 1 N–H and O–H groups in total. The molecule has 0 bridgehead atoms. The van der Waals surface area contributed by atoms with Crippen LogP contribution in [0, 0.1) is 10.1 Å². The van der Waals surface area contributed by atoms with Crippen molar-refractivity contribution < 1.29 is 32.8 Å². The third-order valence-corrected chi connectivity index (χ3v) is 5.88. The summed E-state index contributed by atoms with van der Waals surface area (Å²) in [5.41, 5.74) is -1.34. The largest absolute Gasteiger partial charge is 0.463 e. The Morgan fingerprint density at radius 1 is 1.15 bits per heavy atom. The predicted octanol–water partition coefficient (Wildman–Crippen LogP) is 4.15. The van der Waals surface area contributed by atoms with E-state index in [-0.39, 0.29) is 40.1 Å². The predicted molar refractivity (Wildman–Crippen MR) is 138 cm³/mol. The van der Waals surface area contributed by atoms with Crippen LogP contribution in [-0.2, 0) is 16.1 Å². The lowest BCUT2D eigenvalue weighted by Crippen LogP contribution is -2.15. The van der Waals surface area contributed by atoms with Crippen LogP contribution in [0.1, 0.15) is 38.1 Å². The number of hydrogen-bond donors (Lipinski definition) is 1. The fourth-order valence-electron chi connectivity index (χ4n) is 3.66. The van der Waals surface area contributed by atoms with E-state index in [0.717, 1.165) is 0 Å². The van der Waals surface area contributed by atoms with Crippen molar-refractivity contribution in [3.8, 4) is 11.3 Å². The summed E-state index contributed by atoms with van der Waals surface area (Å²) < 4.78 is 22.1. The maximum absolute atomic E-state index is 12.7. The number of carbonyl (C=O) groups excluding carboxylic acids is 2. The summed E-state index contributed by atoms with van der Waals surface area (Å²) in [6.07, 6.45) is 3.95. The number of furan rings is 2. The van der Waals surface area contributed by atoms with Crippen molar-refractivity contribution in [2.75, 3.05) is 7.11 Å². The average Bonchev–Trinajstić information content (AvgIpc) is 3.71. The topological polar surface area (TPSA) is 185 Å². The summed E-state index contributed by atoms with van der Waals surface area (Å²) in [6.45, 7) is -0.249. The van der Waals surface area contributed by atoms with Crippen molar-refractivity contribution >= 4 is 47.0 Å². The molecule has 0 aliphatic carbocycles. The van der Waals surface area contributed by atoms with Gasteiger partial charge in [-0.15, -0.1) is 10.2 Å². The number of aromatic amines is 1. The van der Waals surface area contributed by atoms with Crippen LogP contribution in [0.25, 0.3) is 29.1 Å². The monoisotopic (exact) mass is 565 g/mol. The molecule has 4 heterocycles. The summed E-state index contributed by atoms with van der Waals surface area (Å²) in [6, 6.07) is 10.7. The molecule has 5 rings (SSSR count). The Morgan fingerprint density at radius 2 is 1.98 bits per heavy atom. The second kappa shape index (κ2) is 10.7. The highest BCUT2D eigenvalue weighted by atomic mass is 35.5. The Hall–Kier alpha value is -5.50. The van der Waals surface area contributed by atoms with E-state index < -0.39 is 28.0 Å². The second-order valence-electron chi connectivity index (χ2n) is 8.05. The zero-order valence-electron chi connectivity index (χ0n) is 20.3. The van der Waals surface area contributed by atoms with Gasteiger partial charge < -0.3 is 18.3 Å². The van der Waals surface area contributed by atoms with E-state index in [1.165, 1.54) is 54.4 Å². The lowest BCUT2D eigenvalue weighted by Gasteiger charge is -2.07. The molecular weight excluding hydrogens is 550 g/mol. The number of fused-ring (bicyclic) bond motifs is 1. The van der Waals surface area contributed by atoms with Gasteiger partial charge in [-0.3, -0.25) is 20.0 Å². The minimum atomic E-state index is -0.891. The van der Waals surface area contributed by atoms with E-state index in [0.29, 0.717) is 17.1 Å². The number of nitro groups is 1. The van der Waals surface area contributed by atoms with Gasteiger partial charge in [0.25, 0.3) is 0 Å². The van der Waals surface area contributed by atoms with Crippen LogP contribution < -0.4 is 5.43 Å². The van der Waals surface area contributed by atoms with Gasteiger partial charge in [-0.1, -0.05) is 11.6 Å². The molecule has 40 heavy (non-hydrogen) atoms. The number of esters is 2. The number of halogens is 1. The van der Waals surface area contributed by atoms with Crippen molar-refractivity contribution in [1.29, 1.82) is 0 Å². The summed E-state index contributed by atoms with van der Waals surface area (Å²) in [7, 11) is 1.21. The smallest absolute Gasteiger partial charge is 0.373 e. The zero-order chi connectivity index (χ0) is 28.4. The number of rotatable bonds is 8. The first-order valence-electron chi connectivity index (χ1n) is 11.3. The Labute approximate surface area is 227 Å². The highest BCUT2D eigenvalue weighted by Gasteiger charge is 2.22. The van der Waals surface area contributed by atoms with E-state index in [9.17, 15) is 24.5 Å². The molecule has 202 valence electrons. The number of carbonyl (C=O) groups is 2. The average molecular weight is 566 g/mol.